The number of amides is 1. The number of Topliss-reactive ketones (excluding diaryl/α,β-unsaturated/α-hetero) is 1. The molecule has 1 aliphatic heterocycles. The first-order valence-corrected chi connectivity index (χ1v) is 8.67. The number of benzene rings is 1. The van der Waals surface area contributed by atoms with Crippen molar-refractivity contribution in [3.63, 3.8) is 0 Å². The highest BCUT2D eigenvalue weighted by Crippen LogP contribution is 2.26. The molecule has 1 aromatic rings. The van der Waals surface area contributed by atoms with E-state index >= 15 is 0 Å². The maximum absolute atomic E-state index is 12.1. The lowest BCUT2D eigenvalue weighted by Gasteiger charge is -2.34. The standard InChI is InChI=1S/C19H28N2O3.ClH/c1-19(10-12-20-13-11-19)14-21-18(23)5-3-4-17(22)15-6-8-16(24-2)9-7-15;/h6-9,20H,3-5,10-14H2,1-2H3,(H,21,23);1H. The van der Waals surface area contributed by atoms with Crippen LogP contribution in [0.1, 0.15) is 49.4 Å². The van der Waals surface area contributed by atoms with Crippen LogP contribution in [-0.4, -0.2) is 38.4 Å². The second-order valence-corrected chi connectivity index (χ2v) is 6.84. The second-order valence-electron chi connectivity index (χ2n) is 6.84. The van der Waals surface area contributed by atoms with E-state index in [4.69, 9.17) is 4.74 Å². The van der Waals surface area contributed by atoms with Crippen LogP contribution < -0.4 is 15.4 Å². The molecule has 0 radical (unpaired) electrons. The maximum Gasteiger partial charge on any atom is 0.220 e. The van der Waals surface area contributed by atoms with E-state index in [9.17, 15) is 9.59 Å². The zero-order valence-electron chi connectivity index (χ0n) is 15.1. The predicted molar refractivity (Wildman–Crippen MR) is 102 cm³/mol. The molecule has 0 unspecified atom stereocenters. The van der Waals surface area contributed by atoms with Crippen LogP contribution in [0.2, 0.25) is 0 Å². The van der Waals surface area contributed by atoms with E-state index < -0.39 is 0 Å². The molecular formula is C19H29ClN2O3. The predicted octanol–water partition coefficient (Wildman–Crippen LogP) is 2.98. The summed E-state index contributed by atoms with van der Waals surface area (Å²) >= 11 is 0. The summed E-state index contributed by atoms with van der Waals surface area (Å²) < 4.78 is 5.08. The molecule has 0 bridgehead atoms. The summed E-state index contributed by atoms with van der Waals surface area (Å²) in [5.41, 5.74) is 0.859. The number of halogens is 1. The normalized spacial score (nSPS) is 15.8. The summed E-state index contributed by atoms with van der Waals surface area (Å²) in [6.45, 7) is 4.98. The van der Waals surface area contributed by atoms with E-state index in [-0.39, 0.29) is 29.5 Å². The first-order chi connectivity index (χ1) is 11.5. The van der Waals surface area contributed by atoms with E-state index in [0.717, 1.165) is 38.2 Å². The highest BCUT2D eigenvalue weighted by molar-refractivity contribution is 5.96. The van der Waals surface area contributed by atoms with Crippen molar-refractivity contribution < 1.29 is 14.3 Å². The molecule has 1 heterocycles. The van der Waals surface area contributed by atoms with Gasteiger partial charge in [0.25, 0.3) is 0 Å². The highest BCUT2D eigenvalue weighted by atomic mass is 35.5. The third-order valence-corrected chi connectivity index (χ3v) is 4.74. The number of piperidine rings is 1. The number of ketones is 1. The Morgan fingerprint density at radius 2 is 1.80 bits per heavy atom. The molecule has 1 fully saturated rings. The lowest BCUT2D eigenvalue weighted by Crippen LogP contribution is -2.42. The molecule has 6 heteroatoms. The summed E-state index contributed by atoms with van der Waals surface area (Å²) in [4.78, 5) is 24.1. The van der Waals surface area contributed by atoms with Crippen molar-refractivity contribution >= 4 is 24.1 Å². The third kappa shape index (κ3) is 7.04. The summed E-state index contributed by atoms with van der Waals surface area (Å²) in [5, 5.41) is 6.37. The summed E-state index contributed by atoms with van der Waals surface area (Å²) in [5.74, 6) is 0.838. The van der Waals surface area contributed by atoms with Crippen molar-refractivity contribution in [2.45, 2.75) is 39.0 Å². The molecule has 140 valence electrons. The van der Waals surface area contributed by atoms with Crippen LogP contribution in [-0.2, 0) is 4.79 Å². The maximum atomic E-state index is 12.1. The van der Waals surface area contributed by atoms with Gasteiger partial charge in [-0.1, -0.05) is 6.92 Å². The number of carbonyl (C=O) groups excluding carboxylic acids is 2. The first kappa shape index (κ1) is 21.5. The fourth-order valence-corrected chi connectivity index (χ4v) is 2.94. The van der Waals surface area contributed by atoms with Gasteiger partial charge in [-0.2, -0.15) is 0 Å². The van der Waals surface area contributed by atoms with Gasteiger partial charge in [0.05, 0.1) is 7.11 Å². The molecule has 0 spiro atoms. The molecule has 5 nitrogen and oxygen atoms in total. The van der Waals surface area contributed by atoms with Gasteiger partial charge in [-0.05, 0) is 62.0 Å². The average Bonchev–Trinajstić information content (AvgIpc) is 2.61. The van der Waals surface area contributed by atoms with Crippen molar-refractivity contribution in [1.82, 2.24) is 10.6 Å². The van der Waals surface area contributed by atoms with Gasteiger partial charge in [-0.25, -0.2) is 0 Å². The highest BCUT2D eigenvalue weighted by Gasteiger charge is 2.26. The van der Waals surface area contributed by atoms with E-state index in [1.54, 1.807) is 31.4 Å². The third-order valence-electron chi connectivity index (χ3n) is 4.74. The minimum atomic E-state index is 0. The minimum Gasteiger partial charge on any atom is -0.497 e. The zero-order chi connectivity index (χ0) is 17.4. The molecule has 0 atom stereocenters. The number of rotatable bonds is 8. The van der Waals surface area contributed by atoms with Crippen LogP contribution in [0, 0.1) is 5.41 Å². The number of hydrogen-bond acceptors (Lipinski definition) is 4. The van der Waals surface area contributed by atoms with Crippen molar-refractivity contribution in [1.29, 1.82) is 0 Å². The molecule has 25 heavy (non-hydrogen) atoms. The Morgan fingerprint density at radius 3 is 2.40 bits per heavy atom. The van der Waals surface area contributed by atoms with E-state index in [1.165, 1.54) is 0 Å². The Morgan fingerprint density at radius 1 is 1.16 bits per heavy atom. The number of carbonyl (C=O) groups is 2. The molecule has 1 aromatic carbocycles. The molecule has 1 amide bonds. The summed E-state index contributed by atoms with van der Waals surface area (Å²) in [6.07, 6.45) is 3.54. The Hall–Kier alpha value is -1.59. The van der Waals surface area contributed by atoms with Crippen molar-refractivity contribution in [3.8, 4) is 5.75 Å². The Bertz CT molecular complexity index is 554. The van der Waals surface area contributed by atoms with Gasteiger partial charge >= 0.3 is 0 Å². The van der Waals surface area contributed by atoms with Crippen LogP contribution in [0.3, 0.4) is 0 Å². The quantitative estimate of drug-likeness (QED) is 0.692. The molecule has 0 aliphatic carbocycles. The second kappa shape index (κ2) is 10.4. The van der Waals surface area contributed by atoms with Crippen molar-refractivity contribution in [2.24, 2.45) is 5.41 Å². The van der Waals surface area contributed by atoms with Crippen LogP contribution in [0.4, 0.5) is 0 Å². The van der Waals surface area contributed by atoms with Crippen LogP contribution in [0.25, 0.3) is 0 Å². The van der Waals surface area contributed by atoms with Crippen molar-refractivity contribution in [3.05, 3.63) is 29.8 Å². The number of hydrogen-bond donors (Lipinski definition) is 2. The smallest absolute Gasteiger partial charge is 0.220 e. The van der Waals surface area contributed by atoms with Gasteiger partial charge in [0, 0.05) is 24.9 Å². The lowest BCUT2D eigenvalue weighted by molar-refractivity contribution is -0.121. The van der Waals surface area contributed by atoms with Crippen LogP contribution in [0.15, 0.2) is 24.3 Å². The Kier molecular flexibility index (Phi) is 8.93. The molecule has 0 aromatic heterocycles. The Balaban J connectivity index is 0.00000312. The van der Waals surface area contributed by atoms with Crippen LogP contribution in [0.5, 0.6) is 5.75 Å². The van der Waals surface area contributed by atoms with E-state index in [1.807, 2.05) is 0 Å². The van der Waals surface area contributed by atoms with Gasteiger partial charge in [-0.3, -0.25) is 9.59 Å². The van der Waals surface area contributed by atoms with Crippen LogP contribution >= 0.6 is 12.4 Å². The molecule has 2 rings (SSSR count). The van der Waals surface area contributed by atoms with Gasteiger partial charge in [-0.15, -0.1) is 12.4 Å². The topological polar surface area (TPSA) is 67.4 Å². The van der Waals surface area contributed by atoms with Gasteiger partial charge < -0.3 is 15.4 Å². The van der Waals surface area contributed by atoms with Crippen molar-refractivity contribution in [2.75, 3.05) is 26.7 Å². The molecule has 2 N–H and O–H groups in total. The van der Waals surface area contributed by atoms with Gasteiger partial charge in [0.2, 0.25) is 5.91 Å². The molecule has 0 saturated carbocycles. The average molecular weight is 369 g/mol. The summed E-state index contributed by atoms with van der Waals surface area (Å²) in [7, 11) is 1.60. The fraction of sp³-hybridized carbons (Fsp3) is 0.579. The minimum absolute atomic E-state index is 0. The number of nitrogens with one attached hydrogen (secondary N) is 2. The Labute approximate surface area is 156 Å². The van der Waals surface area contributed by atoms with Gasteiger partial charge in [0.15, 0.2) is 5.78 Å². The largest absolute Gasteiger partial charge is 0.497 e. The van der Waals surface area contributed by atoms with E-state index in [2.05, 4.69) is 17.6 Å². The molecule has 1 aliphatic rings. The van der Waals surface area contributed by atoms with Gasteiger partial charge in [0.1, 0.15) is 5.75 Å². The monoisotopic (exact) mass is 368 g/mol. The number of ether oxygens (including phenoxy) is 1. The summed E-state index contributed by atoms with van der Waals surface area (Å²) in [6, 6.07) is 7.08. The molecule has 1 saturated heterocycles. The first-order valence-electron chi connectivity index (χ1n) is 8.67. The van der Waals surface area contributed by atoms with E-state index in [0.29, 0.717) is 24.8 Å². The zero-order valence-corrected chi connectivity index (χ0v) is 15.9. The fourth-order valence-electron chi connectivity index (χ4n) is 2.94. The molecular weight excluding hydrogens is 340 g/mol. The SMILES string of the molecule is COc1ccc(C(=O)CCCC(=O)NCC2(C)CCNCC2)cc1.Cl. The lowest BCUT2D eigenvalue weighted by atomic mass is 9.81. The number of methoxy groups -OCH3 is 1.